The third kappa shape index (κ3) is 5.02. The van der Waals surface area contributed by atoms with Gasteiger partial charge in [0.05, 0.1) is 5.56 Å². The molecule has 0 aliphatic heterocycles. The Balaban J connectivity index is 1.38. The van der Waals surface area contributed by atoms with Gasteiger partial charge in [0.25, 0.3) is 5.91 Å². The number of carbonyl (C=O) groups is 2. The number of carboxylic acids is 1. The van der Waals surface area contributed by atoms with E-state index in [4.69, 9.17) is 5.73 Å². The average molecular weight is 496 g/mol. The minimum absolute atomic E-state index is 0.0389. The van der Waals surface area contributed by atoms with Crippen LogP contribution in [-0.4, -0.2) is 33.6 Å². The summed E-state index contributed by atoms with van der Waals surface area (Å²) in [6.07, 6.45) is 3.90. The van der Waals surface area contributed by atoms with Crippen LogP contribution >= 0.6 is 0 Å². The SMILES string of the molecule is Cc1c(C)n(Cc2ccc(-c3ccccc3C(=O)O)cc2)c2ccc(C(=O)NC3CCCC(N)C3)cc12. The first kappa shape index (κ1) is 24.8. The molecule has 4 N–H and O–H groups in total. The van der Waals surface area contributed by atoms with Crippen molar-refractivity contribution in [3.05, 3.63) is 94.7 Å². The van der Waals surface area contributed by atoms with Crippen LogP contribution in [0.4, 0.5) is 0 Å². The molecular weight excluding hydrogens is 462 g/mol. The highest BCUT2D eigenvalue weighted by Gasteiger charge is 2.22. The fraction of sp³-hybridized carbons (Fsp3) is 0.290. The molecule has 37 heavy (non-hydrogen) atoms. The molecule has 0 radical (unpaired) electrons. The normalized spacial score (nSPS) is 17.6. The monoisotopic (exact) mass is 495 g/mol. The number of nitrogens with one attached hydrogen (secondary N) is 1. The molecule has 1 aliphatic carbocycles. The molecule has 190 valence electrons. The number of aromatic carboxylic acids is 1. The molecule has 1 saturated carbocycles. The Kier molecular flexibility index (Phi) is 6.85. The number of nitrogens with zero attached hydrogens (tertiary/aromatic N) is 1. The van der Waals surface area contributed by atoms with Crippen molar-refractivity contribution in [3.8, 4) is 11.1 Å². The zero-order chi connectivity index (χ0) is 26.1. The second-order valence-electron chi connectivity index (χ2n) is 10.2. The molecule has 5 rings (SSSR count). The Bertz CT molecular complexity index is 1470. The van der Waals surface area contributed by atoms with E-state index in [1.165, 1.54) is 0 Å². The molecule has 4 aromatic rings. The van der Waals surface area contributed by atoms with Crippen molar-refractivity contribution in [2.45, 2.75) is 58.2 Å². The Morgan fingerprint density at radius 2 is 1.78 bits per heavy atom. The van der Waals surface area contributed by atoms with E-state index in [0.29, 0.717) is 23.2 Å². The second kappa shape index (κ2) is 10.2. The van der Waals surface area contributed by atoms with Crippen molar-refractivity contribution in [1.29, 1.82) is 0 Å². The Morgan fingerprint density at radius 3 is 2.51 bits per heavy atom. The summed E-state index contributed by atoms with van der Waals surface area (Å²) in [5, 5.41) is 13.8. The number of aryl methyl sites for hydroxylation is 1. The van der Waals surface area contributed by atoms with Gasteiger partial charge in [-0.1, -0.05) is 42.5 Å². The fourth-order valence-electron chi connectivity index (χ4n) is 5.52. The van der Waals surface area contributed by atoms with Crippen LogP contribution in [-0.2, 0) is 6.54 Å². The number of amides is 1. The maximum Gasteiger partial charge on any atom is 0.336 e. The summed E-state index contributed by atoms with van der Waals surface area (Å²) in [4.78, 5) is 24.6. The lowest BCUT2D eigenvalue weighted by Crippen LogP contribution is -2.42. The van der Waals surface area contributed by atoms with Gasteiger partial charge in [-0.15, -0.1) is 0 Å². The van der Waals surface area contributed by atoms with Gasteiger partial charge in [-0.25, -0.2) is 4.79 Å². The zero-order valence-electron chi connectivity index (χ0n) is 21.3. The van der Waals surface area contributed by atoms with Gasteiger partial charge in [-0.05, 0) is 86.1 Å². The Hall–Kier alpha value is -3.90. The lowest BCUT2D eigenvalue weighted by Gasteiger charge is -2.27. The van der Waals surface area contributed by atoms with Gasteiger partial charge in [-0.3, -0.25) is 4.79 Å². The molecule has 0 bridgehead atoms. The number of nitrogens with two attached hydrogens (primary N) is 1. The van der Waals surface area contributed by atoms with Crippen molar-refractivity contribution in [2.75, 3.05) is 0 Å². The molecule has 1 fully saturated rings. The highest BCUT2D eigenvalue weighted by molar-refractivity contribution is 5.99. The number of benzene rings is 3. The molecule has 6 nitrogen and oxygen atoms in total. The first-order valence-corrected chi connectivity index (χ1v) is 12.9. The zero-order valence-corrected chi connectivity index (χ0v) is 21.3. The molecule has 1 heterocycles. The smallest absolute Gasteiger partial charge is 0.336 e. The number of carbonyl (C=O) groups excluding carboxylic acids is 1. The number of rotatable bonds is 6. The van der Waals surface area contributed by atoms with Gasteiger partial charge in [0.2, 0.25) is 0 Å². The van der Waals surface area contributed by atoms with Gasteiger partial charge in [0.15, 0.2) is 0 Å². The van der Waals surface area contributed by atoms with Gasteiger partial charge in [0.1, 0.15) is 0 Å². The standard InChI is InChI=1S/C31H33N3O3/c1-19-20(2)34(18-21-10-12-22(13-11-21)26-8-3-4-9-27(26)31(36)37)29-15-14-23(16-28(19)29)30(35)33-25-7-5-6-24(32)17-25/h3-4,8-16,24-25H,5-7,17-18,32H2,1-2H3,(H,33,35)(H,36,37). The van der Waals surface area contributed by atoms with Crippen LogP contribution in [0.2, 0.25) is 0 Å². The van der Waals surface area contributed by atoms with E-state index in [0.717, 1.165) is 59.0 Å². The number of fused-ring (bicyclic) bond motifs is 1. The van der Waals surface area contributed by atoms with Crippen LogP contribution in [0.25, 0.3) is 22.0 Å². The molecule has 1 aliphatic rings. The number of hydrogen-bond donors (Lipinski definition) is 3. The van der Waals surface area contributed by atoms with Crippen molar-refractivity contribution < 1.29 is 14.7 Å². The minimum atomic E-state index is -0.931. The largest absolute Gasteiger partial charge is 0.478 e. The predicted molar refractivity (Wildman–Crippen MR) is 147 cm³/mol. The van der Waals surface area contributed by atoms with Gasteiger partial charge in [0, 0.05) is 40.8 Å². The van der Waals surface area contributed by atoms with E-state index < -0.39 is 5.97 Å². The van der Waals surface area contributed by atoms with Crippen molar-refractivity contribution in [1.82, 2.24) is 9.88 Å². The molecule has 1 aromatic heterocycles. The fourth-order valence-corrected chi connectivity index (χ4v) is 5.52. The minimum Gasteiger partial charge on any atom is -0.478 e. The van der Waals surface area contributed by atoms with Gasteiger partial charge in [-0.2, -0.15) is 0 Å². The highest BCUT2D eigenvalue weighted by Crippen LogP contribution is 2.29. The number of hydrogen-bond acceptors (Lipinski definition) is 3. The first-order valence-electron chi connectivity index (χ1n) is 12.9. The summed E-state index contributed by atoms with van der Waals surface area (Å²) >= 11 is 0. The molecule has 2 unspecified atom stereocenters. The molecule has 2 atom stereocenters. The van der Waals surface area contributed by atoms with E-state index in [-0.39, 0.29) is 18.0 Å². The summed E-state index contributed by atoms with van der Waals surface area (Å²) in [7, 11) is 0. The molecule has 0 saturated heterocycles. The molecular formula is C31H33N3O3. The van der Waals surface area contributed by atoms with E-state index in [9.17, 15) is 14.7 Å². The van der Waals surface area contributed by atoms with Crippen molar-refractivity contribution in [3.63, 3.8) is 0 Å². The highest BCUT2D eigenvalue weighted by atomic mass is 16.4. The Labute approximate surface area is 217 Å². The first-order chi connectivity index (χ1) is 17.8. The lowest BCUT2D eigenvalue weighted by atomic mass is 9.91. The van der Waals surface area contributed by atoms with Crippen LogP contribution in [0.15, 0.2) is 66.7 Å². The second-order valence-corrected chi connectivity index (χ2v) is 10.2. The number of aromatic nitrogens is 1. The lowest BCUT2D eigenvalue weighted by molar-refractivity contribution is 0.0697. The van der Waals surface area contributed by atoms with Crippen molar-refractivity contribution in [2.24, 2.45) is 5.73 Å². The predicted octanol–water partition coefficient (Wildman–Crippen LogP) is 5.67. The van der Waals surface area contributed by atoms with Crippen LogP contribution in [0.1, 0.15) is 63.2 Å². The quantitative estimate of drug-likeness (QED) is 0.321. The molecule has 0 spiro atoms. The topological polar surface area (TPSA) is 97.3 Å². The molecule has 6 heteroatoms. The third-order valence-electron chi connectivity index (χ3n) is 7.71. The summed E-state index contributed by atoms with van der Waals surface area (Å²) in [5.74, 6) is -0.969. The van der Waals surface area contributed by atoms with Gasteiger partial charge >= 0.3 is 5.97 Å². The summed E-state index contributed by atoms with van der Waals surface area (Å²) < 4.78 is 2.27. The third-order valence-corrected chi connectivity index (χ3v) is 7.71. The maximum absolute atomic E-state index is 13.0. The molecule has 1 amide bonds. The van der Waals surface area contributed by atoms with E-state index in [1.807, 2.05) is 54.6 Å². The Morgan fingerprint density at radius 1 is 1.03 bits per heavy atom. The summed E-state index contributed by atoms with van der Waals surface area (Å²) in [6, 6.07) is 21.4. The maximum atomic E-state index is 13.0. The molecule has 3 aromatic carbocycles. The van der Waals surface area contributed by atoms with Gasteiger partial charge < -0.3 is 20.7 Å². The summed E-state index contributed by atoms with van der Waals surface area (Å²) in [5.41, 5.74) is 13.2. The van der Waals surface area contributed by atoms with E-state index in [1.54, 1.807) is 12.1 Å². The van der Waals surface area contributed by atoms with E-state index >= 15 is 0 Å². The van der Waals surface area contributed by atoms with Crippen LogP contribution in [0.5, 0.6) is 0 Å². The average Bonchev–Trinajstić information content (AvgIpc) is 3.13. The summed E-state index contributed by atoms with van der Waals surface area (Å²) in [6.45, 7) is 4.89. The van der Waals surface area contributed by atoms with E-state index in [2.05, 4.69) is 23.7 Å². The van der Waals surface area contributed by atoms with Crippen LogP contribution in [0.3, 0.4) is 0 Å². The van der Waals surface area contributed by atoms with Crippen LogP contribution < -0.4 is 11.1 Å². The van der Waals surface area contributed by atoms with Crippen molar-refractivity contribution >= 4 is 22.8 Å². The van der Waals surface area contributed by atoms with Crippen LogP contribution in [0, 0.1) is 13.8 Å². The number of carboxylic acid groups (broad SMARTS) is 1.